The van der Waals surface area contributed by atoms with Crippen molar-refractivity contribution < 1.29 is 17.9 Å². The Balaban J connectivity index is 2.29. The van der Waals surface area contributed by atoms with E-state index >= 15 is 0 Å². The van der Waals surface area contributed by atoms with Crippen molar-refractivity contribution in [1.82, 2.24) is 9.97 Å². The van der Waals surface area contributed by atoms with Crippen molar-refractivity contribution in [3.8, 4) is 0 Å². The van der Waals surface area contributed by atoms with Crippen molar-refractivity contribution in [1.29, 1.82) is 0 Å². The number of sulfonamides is 1. The van der Waals surface area contributed by atoms with Crippen LogP contribution in [0.25, 0.3) is 0 Å². The van der Waals surface area contributed by atoms with E-state index in [4.69, 9.17) is 0 Å². The molecule has 0 fully saturated rings. The molecule has 1 aromatic heterocycles. The van der Waals surface area contributed by atoms with Crippen molar-refractivity contribution in [3.05, 3.63) is 46.3 Å². The van der Waals surface area contributed by atoms with Gasteiger partial charge in [-0.15, -0.1) is 0 Å². The molecule has 0 amide bonds. The van der Waals surface area contributed by atoms with E-state index in [0.717, 1.165) is 18.0 Å². The molecule has 0 saturated carbocycles. The fourth-order valence-electron chi connectivity index (χ4n) is 1.60. The Hall–Kier alpha value is -2.00. The third-order valence-electron chi connectivity index (χ3n) is 2.66. The van der Waals surface area contributed by atoms with Crippen LogP contribution in [0.4, 0.5) is 5.82 Å². The van der Waals surface area contributed by atoms with E-state index in [-0.39, 0.29) is 16.4 Å². The number of rotatable bonds is 4. The SMILES string of the molecule is COC(=O)c1cnc(NS(=O)(=O)c2cc(C)ccc2Br)cn1. The fourth-order valence-corrected chi connectivity index (χ4v) is 3.64. The van der Waals surface area contributed by atoms with Crippen LogP contribution in [0, 0.1) is 6.92 Å². The fraction of sp³-hybridized carbons (Fsp3) is 0.154. The number of halogens is 1. The molecule has 0 bridgehead atoms. The van der Waals surface area contributed by atoms with Crippen molar-refractivity contribution in [2.75, 3.05) is 11.8 Å². The molecule has 1 heterocycles. The third kappa shape index (κ3) is 3.60. The number of esters is 1. The predicted octanol–water partition coefficient (Wildman–Crippen LogP) is 2.13. The molecule has 0 unspecified atom stereocenters. The normalized spacial score (nSPS) is 11.0. The number of carbonyl (C=O) groups is 1. The molecule has 0 saturated heterocycles. The van der Waals surface area contributed by atoms with Gasteiger partial charge in [0.2, 0.25) is 0 Å². The molecule has 116 valence electrons. The van der Waals surface area contributed by atoms with Gasteiger partial charge in [-0.3, -0.25) is 4.72 Å². The molecule has 2 rings (SSSR count). The van der Waals surface area contributed by atoms with Gasteiger partial charge in [-0.25, -0.2) is 23.2 Å². The number of methoxy groups -OCH3 is 1. The van der Waals surface area contributed by atoms with E-state index in [1.54, 1.807) is 19.1 Å². The highest BCUT2D eigenvalue weighted by Gasteiger charge is 2.19. The number of benzene rings is 1. The number of hydrogen-bond acceptors (Lipinski definition) is 6. The third-order valence-corrected chi connectivity index (χ3v) is 5.01. The van der Waals surface area contributed by atoms with Crippen LogP contribution >= 0.6 is 15.9 Å². The molecule has 0 aliphatic rings. The van der Waals surface area contributed by atoms with Crippen molar-refractivity contribution >= 4 is 37.7 Å². The molecule has 0 radical (unpaired) electrons. The van der Waals surface area contributed by atoms with E-state index in [9.17, 15) is 13.2 Å². The monoisotopic (exact) mass is 385 g/mol. The average molecular weight is 386 g/mol. The van der Waals surface area contributed by atoms with Crippen molar-refractivity contribution in [2.45, 2.75) is 11.8 Å². The number of nitrogens with zero attached hydrogens (tertiary/aromatic N) is 2. The number of carbonyl (C=O) groups excluding carboxylic acids is 1. The maximum atomic E-state index is 12.3. The van der Waals surface area contributed by atoms with E-state index in [1.807, 2.05) is 0 Å². The van der Waals surface area contributed by atoms with E-state index < -0.39 is 16.0 Å². The van der Waals surface area contributed by atoms with Gasteiger partial charge in [0.05, 0.1) is 19.5 Å². The minimum Gasteiger partial charge on any atom is -0.464 e. The summed E-state index contributed by atoms with van der Waals surface area (Å²) in [6, 6.07) is 4.96. The quantitative estimate of drug-likeness (QED) is 0.809. The second-order valence-electron chi connectivity index (χ2n) is 4.32. The number of ether oxygens (including phenoxy) is 1. The standard InChI is InChI=1S/C13H12BrN3O4S/c1-8-3-4-9(14)11(5-8)22(19,20)17-12-7-15-10(6-16-12)13(18)21-2/h3-7H,1-2H3,(H,16,17). The van der Waals surface area contributed by atoms with Gasteiger partial charge in [0.25, 0.3) is 10.0 Å². The van der Waals surface area contributed by atoms with Gasteiger partial charge in [-0.1, -0.05) is 6.07 Å². The highest BCUT2D eigenvalue weighted by molar-refractivity contribution is 9.10. The Morgan fingerprint density at radius 2 is 2.00 bits per heavy atom. The number of aromatic nitrogens is 2. The van der Waals surface area contributed by atoms with Gasteiger partial charge in [0.1, 0.15) is 4.90 Å². The lowest BCUT2D eigenvalue weighted by Crippen LogP contribution is -2.15. The molecule has 0 aliphatic carbocycles. The Kier molecular flexibility index (Phi) is 4.77. The van der Waals surface area contributed by atoms with Crippen molar-refractivity contribution in [3.63, 3.8) is 0 Å². The minimum absolute atomic E-state index is 0.000981. The summed E-state index contributed by atoms with van der Waals surface area (Å²) < 4.78 is 31.9. The Morgan fingerprint density at radius 3 is 2.59 bits per heavy atom. The minimum atomic E-state index is -3.82. The van der Waals surface area contributed by atoms with Gasteiger partial charge >= 0.3 is 5.97 Å². The number of nitrogens with one attached hydrogen (secondary N) is 1. The topological polar surface area (TPSA) is 98.2 Å². The second-order valence-corrected chi connectivity index (χ2v) is 6.82. The lowest BCUT2D eigenvalue weighted by atomic mass is 10.2. The zero-order chi connectivity index (χ0) is 16.3. The first-order chi connectivity index (χ1) is 10.3. The summed E-state index contributed by atoms with van der Waals surface area (Å²) in [4.78, 5) is 19.0. The molecule has 1 N–H and O–H groups in total. The molecule has 9 heteroatoms. The number of anilines is 1. The highest BCUT2D eigenvalue weighted by atomic mass is 79.9. The van der Waals surface area contributed by atoms with Crippen LogP contribution in [-0.4, -0.2) is 31.5 Å². The summed E-state index contributed by atoms with van der Waals surface area (Å²) in [5, 5.41) is 0. The molecular weight excluding hydrogens is 374 g/mol. The van der Waals surface area contributed by atoms with Crippen LogP contribution < -0.4 is 4.72 Å². The van der Waals surface area contributed by atoms with Gasteiger partial charge in [0, 0.05) is 4.47 Å². The molecular formula is C13H12BrN3O4S. The largest absolute Gasteiger partial charge is 0.464 e. The summed E-state index contributed by atoms with van der Waals surface area (Å²) in [7, 11) is -2.60. The Labute approximate surface area is 135 Å². The number of hydrogen-bond donors (Lipinski definition) is 1. The number of aryl methyl sites for hydroxylation is 1. The van der Waals surface area contributed by atoms with Gasteiger partial charge in [-0.05, 0) is 40.5 Å². The van der Waals surface area contributed by atoms with Crippen LogP contribution in [0.15, 0.2) is 40.0 Å². The summed E-state index contributed by atoms with van der Waals surface area (Å²) in [6.07, 6.45) is 2.28. The first kappa shape index (κ1) is 16.4. The first-order valence-corrected chi connectivity index (χ1v) is 8.30. The molecule has 0 spiro atoms. The summed E-state index contributed by atoms with van der Waals surface area (Å²) in [5.74, 6) is -0.649. The molecule has 1 aromatic carbocycles. The van der Waals surface area contributed by atoms with Gasteiger partial charge < -0.3 is 4.74 Å². The van der Waals surface area contributed by atoms with Crippen LogP contribution in [0.2, 0.25) is 0 Å². The lowest BCUT2D eigenvalue weighted by Gasteiger charge is -2.09. The molecule has 0 aliphatic heterocycles. The molecule has 2 aromatic rings. The predicted molar refractivity (Wildman–Crippen MR) is 83.1 cm³/mol. The van der Waals surface area contributed by atoms with Crippen molar-refractivity contribution in [2.24, 2.45) is 0 Å². The summed E-state index contributed by atoms with van der Waals surface area (Å²) in [5.41, 5.74) is 0.790. The van der Waals surface area contributed by atoms with E-state index in [1.165, 1.54) is 13.2 Å². The van der Waals surface area contributed by atoms with Gasteiger partial charge in [-0.2, -0.15) is 0 Å². The second kappa shape index (κ2) is 6.41. The average Bonchev–Trinajstić information content (AvgIpc) is 2.49. The van der Waals surface area contributed by atoms with Crippen LogP contribution in [-0.2, 0) is 14.8 Å². The lowest BCUT2D eigenvalue weighted by molar-refractivity contribution is 0.0593. The van der Waals surface area contributed by atoms with Crippen LogP contribution in [0.5, 0.6) is 0 Å². The zero-order valence-corrected chi connectivity index (χ0v) is 14.1. The van der Waals surface area contributed by atoms with E-state index in [0.29, 0.717) is 4.47 Å². The Bertz CT molecular complexity index is 807. The molecule has 0 atom stereocenters. The van der Waals surface area contributed by atoms with E-state index in [2.05, 4.69) is 35.4 Å². The van der Waals surface area contributed by atoms with Crippen LogP contribution in [0.1, 0.15) is 16.1 Å². The van der Waals surface area contributed by atoms with Crippen LogP contribution in [0.3, 0.4) is 0 Å². The highest BCUT2D eigenvalue weighted by Crippen LogP contribution is 2.24. The summed E-state index contributed by atoms with van der Waals surface area (Å²) in [6.45, 7) is 1.79. The summed E-state index contributed by atoms with van der Waals surface area (Å²) >= 11 is 3.20. The maximum absolute atomic E-state index is 12.3. The maximum Gasteiger partial charge on any atom is 0.358 e. The molecule has 7 nitrogen and oxygen atoms in total. The molecule has 22 heavy (non-hydrogen) atoms. The Morgan fingerprint density at radius 1 is 1.27 bits per heavy atom. The first-order valence-electron chi connectivity index (χ1n) is 6.03. The van der Waals surface area contributed by atoms with Gasteiger partial charge in [0.15, 0.2) is 11.5 Å². The zero-order valence-electron chi connectivity index (χ0n) is 11.7. The smallest absolute Gasteiger partial charge is 0.358 e.